The van der Waals surface area contributed by atoms with E-state index in [1.54, 1.807) is 17.8 Å². The molecule has 0 saturated heterocycles. The van der Waals surface area contributed by atoms with Gasteiger partial charge in [-0.1, -0.05) is 40.9 Å². The first kappa shape index (κ1) is 12.8. The highest BCUT2D eigenvalue weighted by Gasteiger charge is 2.11. The fourth-order valence-corrected chi connectivity index (χ4v) is 3.80. The van der Waals surface area contributed by atoms with E-state index in [2.05, 4.69) is 10.2 Å². The van der Waals surface area contributed by atoms with Crippen LogP contribution in [0.25, 0.3) is 0 Å². The summed E-state index contributed by atoms with van der Waals surface area (Å²) in [6, 6.07) is 4.93. The number of nitrogens with zero attached hydrogens (tertiary/aromatic N) is 2. The zero-order valence-corrected chi connectivity index (χ0v) is 11.5. The number of nitrogens with two attached hydrogens (primary N) is 1. The van der Waals surface area contributed by atoms with Crippen molar-refractivity contribution in [2.45, 2.75) is 20.1 Å². The number of aromatic nitrogens is 2. The summed E-state index contributed by atoms with van der Waals surface area (Å²) in [5.74, 6) is -0.271. The van der Waals surface area contributed by atoms with Crippen molar-refractivity contribution in [3.63, 3.8) is 0 Å². The molecule has 2 aromatic rings. The van der Waals surface area contributed by atoms with Crippen molar-refractivity contribution >= 4 is 34.9 Å². The van der Waals surface area contributed by atoms with Crippen LogP contribution >= 0.6 is 34.9 Å². The van der Waals surface area contributed by atoms with Crippen molar-refractivity contribution in [1.29, 1.82) is 0 Å². The Bertz CT molecular complexity index is 515. The molecule has 1 heterocycles. The largest absolute Gasteiger partial charge is 0.326 e. The van der Waals surface area contributed by atoms with Crippen LogP contribution in [0.3, 0.4) is 0 Å². The van der Waals surface area contributed by atoms with Gasteiger partial charge in [-0.25, -0.2) is 4.39 Å². The van der Waals surface area contributed by atoms with Crippen LogP contribution in [0.4, 0.5) is 4.39 Å². The minimum atomic E-state index is -0.271. The molecule has 0 saturated carbocycles. The standard InChI is InChI=1S/C10H10FN3S3/c1-15-9-13-14-10(17-9)16-8-4-2-3-7(11)6(8)5-12/h2-4H,5,12H2,1H3. The highest BCUT2D eigenvalue weighted by molar-refractivity contribution is 8.03. The maximum absolute atomic E-state index is 13.5. The number of rotatable bonds is 4. The number of halogens is 1. The summed E-state index contributed by atoms with van der Waals surface area (Å²) < 4.78 is 15.2. The summed E-state index contributed by atoms with van der Waals surface area (Å²) in [7, 11) is 0. The van der Waals surface area contributed by atoms with Gasteiger partial charge >= 0.3 is 0 Å². The Morgan fingerprint density at radius 3 is 2.76 bits per heavy atom. The van der Waals surface area contributed by atoms with Gasteiger partial charge in [-0.15, -0.1) is 10.2 Å². The van der Waals surface area contributed by atoms with Gasteiger partial charge in [0.15, 0.2) is 8.68 Å². The number of hydrogen-bond donors (Lipinski definition) is 1. The zero-order chi connectivity index (χ0) is 12.3. The Balaban J connectivity index is 2.26. The molecule has 3 nitrogen and oxygen atoms in total. The van der Waals surface area contributed by atoms with Crippen molar-refractivity contribution < 1.29 is 4.39 Å². The monoisotopic (exact) mass is 287 g/mol. The highest BCUT2D eigenvalue weighted by Crippen LogP contribution is 2.35. The summed E-state index contributed by atoms with van der Waals surface area (Å²) in [4.78, 5) is 0.802. The average molecular weight is 287 g/mol. The molecule has 2 N–H and O–H groups in total. The van der Waals surface area contributed by atoms with Crippen molar-refractivity contribution in [1.82, 2.24) is 10.2 Å². The molecule has 0 spiro atoms. The second-order valence-corrected chi connectivity index (χ2v) is 6.38. The minimum Gasteiger partial charge on any atom is -0.326 e. The lowest BCUT2D eigenvalue weighted by molar-refractivity contribution is 0.604. The quantitative estimate of drug-likeness (QED) is 0.876. The van der Waals surface area contributed by atoms with E-state index in [4.69, 9.17) is 5.73 Å². The molecule has 0 amide bonds. The van der Waals surface area contributed by atoms with Crippen LogP contribution in [0.1, 0.15) is 5.56 Å². The molecule has 7 heteroatoms. The van der Waals surface area contributed by atoms with E-state index in [-0.39, 0.29) is 12.4 Å². The molecule has 0 bridgehead atoms. The van der Waals surface area contributed by atoms with Gasteiger partial charge in [-0.3, -0.25) is 0 Å². The molecule has 0 atom stereocenters. The van der Waals surface area contributed by atoms with E-state index in [1.165, 1.54) is 29.2 Å². The van der Waals surface area contributed by atoms with E-state index < -0.39 is 0 Å². The molecule has 0 aliphatic heterocycles. The Labute approximate surface area is 111 Å². The number of thioether (sulfide) groups is 1. The Hall–Kier alpha value is -0.630. The third-order valence-electron chi connectivity index (χ3n) is 2.04. The van der Waals surface area contributed by atoms with Gasteiger partial charge in [0.1, 0.15) is 5.82 Å². The van der Waals surface area contributed by atoms with Crippen LogP contribution in [-0.2, 0) is 6.54 Å². The smallest absolute Gasteiger partial charge is 0.179 e. The van der Waals surface area contributed by atoms with Crippen LogP contribution in [0, 0.1) is 5.82 Å². The fourth-order valence-electron chi connectivity index (χ4n) is 1.25. The Morgan fingerprint density at radius 1 is 1.35 bits per heavy atom. The van der Waals surface area contributed by atoms with Crippen LogP contribution in [0.5, 0.6) is 0 Å². The molecular formula is C10H10FN3S3. The van der Waals surface area contributed by atoms with Gasteiger partial charge in [-0.2, -0.15) is 0 Å². The first-order valence-electron chi connectivity index (χ1n) is 4.77. The van der Waals surface area contributed by atoms with E-state index in [9.17, 15) is 4.39 Å². The molecule has 0 fully saturated rings. The maximum Gasteiger partial charge on any atom is 0.179 e. The van der Waals surface area contributed by atoms with Gasteiger partial charge in [-0.05, 0) is 18.4 Å². The van der Waals surface area contributed by atoms with E-state index in [0.717, 1.165) is 13.6 Å². The zero-order valence-electron chi connectivity index (χ0n) is 9.01. The SMILES string of the molecule is CSc1nnc(Sc2cccc(F)c2CN)s1. The lowest BCUT2D eigenvalue weighted by atomic mass is 10.2. The topological polar surface area (TPSA) is 51.8 Å². The molecule has 0 radical (unpaired) electrons. The van der Waals surface area contributed by atoms with Crippen molar-refractivity contribution in [3.05, 3.63) is 29.6 Å². The molecule has 0 unspecified atom stereocenters. The summed E-state index contributed by atoms with van der Waals surface area (Å²) in [6.07, 6.45) is 1.95. The molecule has 1 aromatic heterocycles. The predicted molar refractivity (Wildman–Crippen MR) is 70.1 cm³/mol. The van der Waals surface area contributed by atoms with E-state index in [0.29, 0.717) is 5.56 Å². The van der Waals surface area contributed by atoms with Gasteiger partial charge in [0.25, 0.3) is 0 Å². The maximum atomic E-state index is 13.5. The van der Waals surface area contributed by atoms with Crippen molar-refractivity contribution in [3.8, 4) is 0 Å². The second kappa shape index (κ2) is 5.81. The molecule has 90 valence electrons. The summed E-state index contributed by atoms with van der Waals surface area (Å²) in [6.45, 7) is 0.184. The van der Waals surface area contributed by atoms with Crippen LogP contribution in [0.15, 0.2) is 31.8 Å². The van der Waals surface area contributed by atoms with Gasteiger partial charge in [0.05, 0.1) is 0 Å². The first-order valence-corrected chi connectivity index (χ1v) is 7.63. The van der Waals surface area contributed by atoms with Gasteiger partial charge in [0, 0.05) is 17.0 Å². The molecule has 0 aliphatic rings. The van der Waals surface area contributed by atoms with Crippen LogP contribution in [-0.4, -0.2) is 16.5 Å². The number of benzene rings is 1. The highest BCUT2D eigenvalue weighted by atomic mass is 32.2. The molecule has 0 aliphatic carbocycles. The Morgan fingerprint density at radius 2 is 2.12 bits per heavy atom. The van der Waals surface area contributed by atoms with Crippen molar-refractivity contribution in [2.24, 2.45) is 5.73 Å². The molecule has 1 aromatic carbocycles. The van der Waals surface area contributed by atoms with Gasteiger partial charge in [0.2, 0.25) is 0 Å². The fraction of sp³-hybridized carbons (Fsp3) is 0.200. The predicted octanol–water partition coefficient (Wildman–Crippen LogP) is 3.01. The minimum absolute atomic E-state index is 0.184. The average Bonchev–Trinajstić information content (AvgIpc) is 2.77. The third kappa shape index (κ3) is 2.98. The van der Waals surface area contributed by atoms with Crippen LogP contribution in [0.2, 0.25) is 0 Å². The lowest BCUT2D eigenvalue weighted by Crippen LogP contribution is -2.01. The number of hydrogen-bond acceptors (Lipinski definition) is 6. The Kier molecular flexibility index (Phi) is 4.38. The summed E-state index contributed by atoms with van der Waals surface area (Å²) in [5, 5.41) is 8.03. The third-order valence-corrected chi connectivity index (χ3v) is 5.09. The van der Waals surface area contributed by atoms with Crippen molar-refractivity contribution in [2.75, 3.05) is 6.26 Å². The van der Waals surface area contributed by atoms with E-state index in [1.807, 2.05) is 12.3 Å². The van der Waals surface area contributed by atoms with Gasteiger partial charge < -0.3 is 5.73 Å². The summed E-state index contributed by atoms with van der Waals surface area (Å²) >= 11 is 4.44. The molecule has 2 rings (SSSR count). The molecular weight excluding hydrogens is 277 g/mol. The normalized spacial score (nSPS) is 10.8. The first-order chi connectivity index (χ1) is 8.24. The summed E-state index contributed by atoms with van der Waals surface area (Å²) in [5.41, 5.74) is 6.07. The van der Waals surface area contributed by atoms with E-state index >= 15 is 0 Å². The van der Waals surface area contributed by atoms with Crippen LogP contribution < -0.4 is 5.73 Å². The molecule has 17 heavy (non-hydrogen) atoms. The lowest BCUT2D eigenvalue weighted by Gasteiger charge is -2.05. The second-order valence-electron chi connectivity index (χ2n) is 3.06.